The van der Waals surface area contributed by atoms with Gasteiger partial charge in [0.1, 0.15) is 11.0 Å². The van der Waals surface area contributed by atoms with Crippen molar-refractivity contribution < 1.29 is 9.47 Å². The molecule has 0 saturated heterocycles. The Hall–Kier alpha value is -4.14. The summed E-state index contributed by atoms with van der Waals surface area (Å²) in [4.78, 5) is 25.1. The van der Waals surface area contributed by atoms with Crippen molar-refractivity contribution in [1.29, 1.82) is 0 Å². The molecule has 0 spiro atoms. The van der Waals surface area contributed by atoms with Gasteiger partial charge in [-0.25, -0.2) is 9.78 Å². The Morgan fingerprint density at radius 1 is 1.06 bits per heavy atom. The van der Waals surface area contributed by atoms with Crippen LogP contribution in [0.1, 0.15) is 5.69 Å². The molecule has 0 radical (unpaired) electrons. The van der Waals surface area contributed by atoms with Gasteiger partial charge in [-0.1, -0.05) is 0 Å². The fraction of sp³-hybridized carbons (Fsp3) is 0.182. The van der Waals surface area contributed by atoms with E-state index in [1.807, 2.05) is 50.5 Å². The molecule has 31 heavy (non-hydrogen) atoms. The van der Waals surface area contributed by atoms with Gasteiger partial charge in [-0.15, -0.1) is 0 Å². The first-order chi connectivity index (χ1) is 15.0. The van der Waals surface area contributed by atoms with E-state index in [-0.39, 0.29) is 5.69 Å². The van der Waals surface area contributed by atoms with Gasteiger partial charge in [0.15, 0.2) is 11.5 Å². The zero-order chi connectivity index (χ0) is 21.7. The van der Waals surface area contributed by atoms with Crippen molar-refractivity contribution in [2.45, 2.75) is 6.92 Å². The molecular formula is C22H20N6O3. The van der Waals surface area contributed by atoms with Crippen LogP contribution in [0, 0.1) is 6.92 Å². The van der Waals surface area contributed by atoms with E-state index in [2.05, 4.69) is 15.1 Å². The average Bonchev–Trinajstić information content (AvgIpc) is 3.29. The highest BCUT2D eigenvalue weighted by atomic mass is 16.5. The molecular weight excluding hydrogens is 396 g/mol. The number of aromatic nitrogens is 6. The Balaban J connectivity index is 1.80. The molecule has 4 heterocycles. The highest BCUT2D eigenvalue weighted by Crippen LogP contribution is 2.33. The van der Waals surface area contributed by atoms with Crippen molar-refractivity contribution in [3.8, 4) is 28.4 Å². The zero-order valence-electron chi connectivity index (χ0n) is 17.5. The maximum atomic E-state index is 12.8. The third-order valence-corrected chi connectivity index (χ3v) is 5.26. The van der Waals surface area contributed by atoms with E-state index in [9.17, 15) is 4.79 Å². The number of ether oxygens (including phenoxy) is 2. The summed E-state index contributed by atoms with van der Waals surface area (Å²) in [6.45, 7) is 1.87. The Kier molecular flexibility index (Phi) is 4.25. The normalized spacial score (nSPS) is 11.4. The van der Waals surface area contributed by atoms with E-state index in [0.29, 0.717) is 39.3 Å². The van der Waals surface area contributed by atoms with Crippen molar-refractivity contribution in [2.24, 2.45) is 7.05 Å². The molecule has 4 aromatic heterocycles. The third kappa shape index (κ3) is 2.93. The Labute approximate surface area is 176 Å². The number of methoxy groups -OCH3 is 2. The lowest BCUT2D eigenvalue weighted by atomic mass is 10.1. The number of aryl methyl sites for hydroxylation is 2. The van der Waals surface area contributed by atoms with Gasteiger partial charge in [0.05, 0.1) is 48.5 Å². The fourth-order valence-electron chi connectivity index (χ4n) is 3.84. The summed E-state index contributed by atoms with van der Waals surface area (Å²) in [6.07, 6.45) is 3.47. The summed E-state index contributed by atoms with van der Waals surface area (Å²) in [5.74, 6) is 1.25. The Morgan fingerprint density at radius 2 is 1.87 bits per heavy atom. The highest BCUT2D eigenvalue weighted by molar-refractivity contribution is 6.01. The van der Waals surface area contributed by atoms with Crippen LogP contribution in [0.2, 0.25) is 0 Å². The molecule has 1 aromatic carbocycles. The summed E-state index contributed by atoms with van der Waals surface area (Å²) in [5, 5.41) is 4.38. The van der Waals surface area contributed by atoms with Gasteiger partial charge >= 0.3 is 5.69 Å². The molecule has 9 nitrogen and oxygen atoms in total. The van der Waals surface area contributed by atoms with E-state index < -0.39 is 0 Å². The SMILES string of the molecule is COc1ccc(-c2ccc3ncc4[nH]c(=O)n(-c5cn(C)nc5C)c4c3n2)cc1OC. The smallest absolute Gasteiger partial charge is 0.331 e. The maximum absolute atomic E-state index is 12.8. The fourth-order valence-corrected chi connectivity index (χ4v) is 3.84. The molecule has 0 unspecified atom stereocenters. The predicted octanol–water partition coefficient (Wildman–Crippen LogP) is 2.99. The number of nitrogens with one attached hydrogen (secondary N) is 1. The van der Waals surface area contributed by atoms with Crippen molar-refractivity contribution in [2.75, 3.05) is 14.2 Å². The number of pyridine rings is 2. The molecule has 0 fully saturated rings. The minimum Gasteiger partial charge on any atom is -0.493 e. The monoisotopic (exact) mass is 416 g/mol. The lowest BCUT2D eigenvalue weighted by Crippen LogP contribution is -2.15. The minimum atomic E-state index is -0.265. The van der Waals surface area contributed by atoms with E-state index in [0.717, 1.165) is 17.0 Å². The molecule has 0 atom stereocenters. The number of nitrogens with zero attached hydrogens (tertiary/aromatic N) is 5. The van der Waals surface area contributed by atoms with Crippen LogP contribution in [-0.4, -0.2) is 43.5 Å². The second kappa shape index (κ2) is 6.98. The second-order valence-electron chi connectivity index (χ2n) is 7.19. The number of aromatic amines is 1. The number of rotatable bonds is 4. The van der Waals surface area contributed by atoms with Crippen LogP contribution >= 0.6 is 0 Å². The van der Waals surface area contributed by atoms with Gasteiger partial charge in [0.2, 0.25) is 0 Å². The van der Waals surface area contributed by atoms with Crippen molar-refractivity contribution in [1.82, 2.24) is 29.3 Å². The quantitative estimate of drug-likeness (QED) is 0.483. The Morgan fingerprint density at radius 3 is 2.58 bits per heavy atom. The van der Waals surface area contributed by atoms with Crippen molar-refractivity contribution in [3.05, 3.63) is 58.9 Å². The molecule has 0 amide bonds. The van der Waals surface area contributed by atoms with Gasteiger partial charge in [-0.3, -0.25) is 14.2 Å². The molecule has 0 saturated carbocycles. The highest BCUT2D eigenvalue weighted by Gasteiger charge is 2.18. The number of benzene rings is 1. The first-order valence-electron chi connectivity index (χ1n) is 9.63. The number of imidazole rings is 1. The lowest BCUT2D eigenvalue weighted by molar-refractivity contribution is 0.355. The number of hydrogen-bond acceptors (Lipinski definition) is 6. The van der Waals surface area contributed by atoms with E-state index >= 15 is 0 Å². The first kappa shape index (κ1) is 18.9. The van der Waals surface area contributed by atoms with E-state index in [1.54, 1.807) is 29.7 Å². The second-order valence-corrected chi connectivity index (χ2v) is 7.19. The molecule has 1 N–H and O–H groups in total. The van der Waals surface area contributed by atoms with Crippen LogP contribution in [-0.2, 0) is 7.05 Å². The van der Waals surface area contributed by atoms with Crippen LogP contribution in [0.4, 0.5) is 0 Å². The van der Waals surface area contributed by atoms with Crippen LogP contribution in [0.3, 0.4) is 0 Å². The van der Waals surface area contributed by atoms with Gasteiger partial charge in [0, 0.05) is 18.8 Å². The molecule has 0 aliphatic carbocycles. The third-order valence-electron chi connectivity index (χ3n) is 5.26. The molecule has 0 bridgehead atoms. The predicted molar refractivity (Wildman–Crippen MR) is 117 cm³/mol. The molecule has 9 heteroatoms. The topological polar surface area (TPSA) is 99.9 Å². The van der Waals surface area contributed by atoms with Crippen LogP contribution < -0.4 is 15.2 Å². The standard InChI is InChI=1S/C22H20N6O3/c1-12-17(11-27(2)26-12)28-21-16(25-22(28)29)10-23-15-7-6-14(24-20(15)21)13-5-8-18(30-3)19(9-13)31-4/h5-11H,1-4H3,(H,25,29). The molecule has 5 rings (SSSR count). The van der Waals surface area contributed by atoms with Crippen LogP contribution in [0.5, 0.6) is 11.5 Å². The summed E-state index contributed by atoms with van der Waals surface area (Å²) in [5.41, 5.74) is 5.34. The molecule has 156 valence electrons. The average molecular weight is 416 g/mol. The summed E-state index contributed by atoms with van der Waals surface area (Å²) in [7, 11) is 5.01. The first-order valence-corrected chi connectivity index (χ1v) is 9.63. The number of H-pyrrole nitrogens is 1. The van der Waals surface area contributed by atoms with Crippen molar-refractivity contribution >= 4 is 22.1 Å². The van der Waals surface area contributed by atoms with Crippen LogP contribution in [0.15, 0.2) is 47.5 Å². The summed E-state index contributed by atoms with van der Waals surface area (Å²) in [6, 6.07) is 9.41. The summed E-state index contributed by atoms with van der Waals surface area (Å²) >= 11 is 0. The van der Waals surface area contributed by atoms with Gasteiger partial charge in [0.25, 0.3) is 0 Å². The Bertz CT molecular complexity index is 1510. The van der Waals surface area contributed by atoms with Gasteiger partial charge < -0.3 is 14.5 Å². The number of fused-ring (bicyclic) bond motifs is 3. The molecule has 0 aliphatic rings. The van der Waals surface area contributed by atoms with E-state index in [1.165, 1.54) is 0 Å². The van der Waals surface area contributed by atoms with Gasteiger partial charge in [-0.2, -0.15) is 5.10 Å². The minimum absolute atomic E-state index is 0.265. The van der Waals surface area contributed by atoms with Gasteiger partial charge in [-0.05, 0) is 37.3 Å². The largest absolute Gasteiger partial charge is 0.493 e. The summed E-state index contributed by atoms with van der Waals surface area (Å²) < 4.78 is 14.0. The number of hydrogen-bond donors (Lipinski definition) is 1. The van der Waals surface area contributed by atoms with Crippen molar-refractivity contribution in [3.63, 3.8) is 0 Å². The lowest BCUT2D eigenvalue weighted by Gasteiger charge is -2.10. The van der Waals surface area contributed by atoms with E-state index in [4.69, 9.17) is 14.5 Å². The maximum Gasteiger partial charge on any atom is 0.331 e. The molecule has 0 aliphatic heterocycles. The molecule has 5 aromatic rings. The zero-order valence-corrected chi connectivity index (χ0v) is 17.5. The van der Waals surface area contributed by atoms with Crippen LogP contribution in [0.25, 0.3) is 39.0 Å².